The van der Waals surface area contributed by atoms with Gasteiger partial charge in [-0.15, -0.1) is 0 Å². The van der Waals surface area contributed by atoms with Gasteiger partial charge in [0.25, 0.3) is 0 Å². The summed E-state index contributed by atoms with van der Waals surface area (Å²) >= 11 is 0. The summed E-state index contributed by atoms with van der Waals surface area (Å²) in [5.74, 6) is -0.820. The molecule has 1 atom stereocenters. The summed E-state index contributed by atoms with van der Waals surface area (Å²) in [6, 6.07) is 14.4. The van der Waals surface area contributed by atoms with Crippen LogP contribution in [0.1, 0.15) is 57.4 Å². The summed E-state index contributed by atoms with van der Waals surface area (Å²) in [7, 11) is -2.19. The second-order valence-corrected chi connectivity index (χ2v) is 16.7. The molecule has 1 aromatic heterocycles. The Balaban J connectivity index is 1.92. The van der Waals surface area contributed by atoms with Gasteiger partial charge >= 0.3 is 5.97 Å². The second kappa shape index (κ2) is 10.8. The number of rotatable bonds is 10. The highest BCUT2D eigenvalue weighted by molar-refractivity contribution is 6.74. The molecule has 0 unspecified atom stereocenters. The first-order chi connectivity index (χ1) is 17.1. The van der Waals surface area contributed by atoms with E-state index < -0.39 is 14.3 Å². The molecule has 4 N–H and O–H groups in total. The molecule has 2 aromatic carbocycles. The van der Waals surface area contributed by atoms with E-state index in [-0.39, 0.29) is 34.4 Å². The van der Waals surface area contributed by atoms with Crippen molar-refractivity contribution in [2.24, 2.45) is 0 Å². The van der Waals surface area contributed by atoms with Crippen LogP contribution >= 0.6 is 0 Å². The monoisotopic (exact) mass is 524 g/mol. The third-order valence-electron chi connectivity index (χ3n) is 7.26. The van der Waals surface area contributed by atoms with E-state index in [1.54, 1.807) is 12.1 Å². The average molecular weight is 525 g/mol. The number of hydrogen-bond donors (Lipinski definition) is 4. The number of phenolic OH excluding ortho intramolecular Hbond substituents is 1. The predicted molar refractivity (Wildman–Crippen MR) is 151 cm³/mol. The van der Waals surface area contributed by atoms with Gasteiger partial charge in [-0.2, -0.15) is 0 Å². The number of aromatic amines is 1. The third-order valence-corrected chi connectivity index (χ3v) is 11.7. The quantitative estimate of drug-likeness (QED) is 0.259. The van der Waals surface area contributed by atoms with Gasteiger partial charge in [0.05, 0.1) is 18.0 Å². The molecule has 0 fully saturated rings. The molecule has 0 spiro atoms. The fourth-order valence-electron chi connectivity index (χ4n) is 4.25. The number of H-pyrrole nitrogens is 1. The van der Waals surface area contributed by atoms with Crippen LogP contribution in [-0.2, 0) is 22.1 Å². The Hall–Kier alpha value is -2.94. The molecule has 3 aromatic rings. The molecule has 3 rings (SSSR count). The molecule has 0 aliphatic rings. The highest BCUT2D eigenvalue weighted by Crippen LogP contribution is 2.41. The maximum absolute atomic E-state index is 12.0. The molecule has 0 radical (unpaired) electrons. The Kier molecular flexibility index (Phi) is 8.36. The van der Waals surface area contributed by atoms with Crippen LogP contribution in [0.25, 0.3) is 10.9 Å². The number of pyridine rings is 1. The predicted octanol–water partition coefficient (Wildman–Crippen LogP) is 5.53. The molecular formula is C29H40N2O5Si. The summed E-state index contributed by atoms with van der Waals surface area (Å²) in [6.07, 6.45) is 0.393. The highest BCUT2D eigenvalue weighted by atomic mass is 28.4. The Bertz CT molecular complexity index is 1320. The van der Waals surface area contributed by atoms with Gasteiger partial charge in [-0.25, -0.2) is 0 Å². The number of carbonyl (C=O) groups is 1. The Morgan fingerprint density at radius 3 is 2.38 bits per heavy atom. The zero-order valence-electron chi connectivity index (χ0n) is 22.9. The Morgan fingerprint density at radius 2 is 1.73 bits per heavy atom. The summed E-state index contributed by atoms with van der Waals surface area (Å²) in [6.45, 7) is 15.8. The van der Waals surface area contributed by atoms with Crippen LogP contribution in [0.5, 0.6) is 5.75 Å². The van der Waals surface area contributed by atoms with Crippen molar-refractivity contribution in [3.05, 3.63) is 75.6 Å². The van der Waals surface area contributed by atoms with Crippen molar-refractivity contribution >= 4 is 25.2 Å². The normalized spacial score (nSPS) is 13.6. The van der Waals surface area contributed by atoms with Gasteiger partial charge < -0.3 is 24.9 Å². The number of benzene rings is 2. The summed E-state index contributed by atoms with van der Waals surface area (Å²) in [5, 5.41) is 24.0. The standard InChI is InChI=1S/C29H40N2O5Si/c1-28(2,3)37(6,7)36-24(21-11-13-23(32)27-22(21)12-14-25(33)31-27)18-30-29(4,5)17-20-10-8-9-19(15-20)16-26(34)35/h8-15,24,30,32H,16-18H2,1-7H3,(H,31,33)(H,34,35)/t24-/m1/s1. The van der Waals surface area contributed by atoms with Crippen molar-refractivity contribution in [1.82, 2.24) is 10.3 Å². The van der Waals surface area contributed by atoms with Gasteiger partial charge in [-0.1, -0.05) is 51.1 Å². The fraction of sp³-hybridized carbons (Fsp3) is 0.448. The smallest absolute Gasteiger partial charge is 0.307 e. The lowest BCUT2D eigenvalue weighted by molar-refractivity contribution is -0.136. The first kappa shape index (κ1) is 28.6. The minimum atomic E-state index is -2.19. The van der Waals surface area contributed by atoms with E-state index in [0.717, 1.165) is 22.1 Å². The van der Waals surface area contributed by atoms with Gasteiger partial charge in [0.1, 0.15) is 5.75 Å². The van der Waals surface area contributed by atoms with Crippen LogP contribution in [-0.4, -0.2) is 41.6 Å². The van der Waals surface area contributed by atoms with Crippen LogP contribution < -0.4 is 10.9 Å². The van der Waals surface area contributed by atoms with Crippen molar-refractivity contribution < 1.29 is 19.4 Å². The van der Waals surface area contributed by atoms with Crippen molar-refractivity contribution in [2.45, 2.75) is 77.2 Å². The summed E-state index contributed by atoms with van der Waals surface area (Å²) in [4.78, 5) is 25.8. The number of carboxylic acids is 1. The maximum Gasteiger partial charge on any atom is 0.307 e. The molecule has 0 saturated heterocycles. The van der Waals surface area contributed by atoms with E-state index in [1.807, 2.05) is 30.3 Å². The van der Waals surface area contributed by atoms with Crippen LogP contribution in [0.15, 0.2) is 53.3 Å². The molecule has 8 heteroatoms. The molecule has 0 aliphatic carbocycles. The highest BCUT2D eigenvalue weighted by Gasteiger charge is 2.40. The van der Waals surface area contributed by atoms with E-state index in [9.17, 15) is 14.7 Å². The number of aliphatic carboxylic acids is 1. The fourth-order valence-corrected chi connectivity index (χ4v) is 5.53. The summed E-state index contributed by atoms with van der Waals surface area (Å²) in [5.41, 5.74) is 2.57. The Morgan fingerprint density at radius 1 is 1.05 bits per heavy atom. The number of nitrogens with one attached hydrogen (secondary N) is 2. The number of phenols is 1. The molecule has 0 saturated carbocycles. The topological polar surface area (TPSA) is 112 Å². The van der Waals surface area contributed by atoms with E-state index in [2.05, 4.69) is 58.0 Å². The SMILES string of the molecule is CC(C)(Cc1cccc(CC(=O)O)c1)NC[C@@H](O[Si](C)(C)C(C)(C)C)c1ccc(O)c2[nH]c(=O)ccc12. The van der Waals surface area contributed by atoms with E-state index in [0.29, 0.717) is 18.5 Å². The molecular weight excluding hydrogens is 484 g/mol. The molecule has 7 nitrogen and oxygen atoms in total. The largest absolute Gasteiger partial charge is 0.506 e. The summed E-state index contributed by atoms with van der Waals surface area (Å²) < 4.78 is 6.91. The first-order valence-electron chi connectivity index (χ1n) is 12.7. The lowest BCUT2D eigenvalue weighted by atomic mass is 9.93. The minimum Gasteiger partial charge on any atom is -0.506 e. The molecule has 0 bridgehead atoms. The molecule has 200 valence electrons. The average Bonchev–Trinajstić information content (AvgIpc) is 2.76. The number of hydrogen-bond acceptors (Lipinski definition) is 5. The third kappa shape index (κ3) is 7.31. The van der Waals surface area contributed by atoms with Gasteiger partial charge in [0, 0.05) is 23.5 Å². The van der Waals surface area contributed by atoms with E-state index in [4.69, 9.17) is 9.53 Å². The molecule has 1 heterocycles. The zero-order chi connectivity index (χ0) is 27.6. The lowest BCUT2D eigenvalue weighted by Gasteiger charge is -2.40. The van der Waals surface area contributed by atoms with Crippen LogP contribution in [0, 0.1) is 0 Å². The molecule has 37 heavy (non-hydrogen) atoms. The van der Waals surface area contributed by atoms with Crippen LogP contribution in [0.3, 0.4) is 0 Å². The number of carboxylic acid groups (broad SMARTS) is 1. The van der Waals surface area contributed by atoms with Crippen molar-refractivity contribution in [3.63, 3.8) is 0 Å². The molecule has 0 aliphatic heterocycles. The second-order valence-electron chi connectivity index (χ2n) is 12.0. The van der Waals surface area contributed by atoms with Crippen LogP contribution in [0.4, 0.5) is 0 Å². The number of aromatic nitrogens is 1. The number of aromatic hydroxyl groups is 1. The van der Waals surface area contributed by atoms with Gasteiger partial charge in [-0.05, 0) is 67.2 Å². The van der Waals surface area contributed by atoms with E-state index in [1.165, 1.54) is 6.07 Å². The molecule has 0 amide bonds. The first-order valence-corrected chi connectivity index (χ1v) is 15.6. The van der Waals surface area contributed by atoms with Crippen molar-refractivity contribution in [1.29, 1.82) is 0 Å². The Labute approximate surface area is 220 Å². The van der Waals surface area contributed by atoms with Gasteiger partial charge in [0.15, 0.2) is 8.32 Å². The zero-order valence-corrected chi connectivity index (χ0v) is 23.9. The van der Waals surface area contributed by atoms with Crippen molar-refractivity contribution in [3.8, 4) is 5.75 Å². The minimum absolute atomic E-state index is 0.000143. The van der Waals surface area contributed by atoms with Gasteiger partial charge in [-0.3, -0.25) is 9.59 Å². The van der Waals surface area contributed by atoms with Crippen LogP contribution in [0.2, 0.25) is 18.1 Å². The number of fused-ring (bicyclic) bond motifs is 1. The van der Waals surface area contributed by atoms with E-state index >= 15 is 0 Å². The van der Waals surface area contributed by atoms with Gasteiger partial charge in [0.2, 0.25) is 5.56 Å². The van der Waals surface area contributed by atoms with Crippen molar-refractivity contribution in [2.75, 3.05) is 6.54 Å². The maximum atomic E-state index is 12.0. The lowest BCUT2D eigenvalue weighted by Crippen LogP contribution is -2.47.